The van der Waals surface area contributed by atoms with E-state index in [0.29, 0.717) is 5.39 Å². The van der Waals surface area contributed by atoms with E-state index >= 15 is 0 Å². The van der Waals surface area contributed by atoms with Crippen LogP contribution in [0.4, 0.5) is 4.39 Å². The highest BCUT2D eigenvalue weighted by Crippen LogP contribution is 2.18. The summed E-state index contributed by atoms with van der Waals surface area (Å²) in [6.07, 6.45) is 1.92. The third-order valence-electron chi connectivity index (χ3n) is 2.36. The minimum absolute atomic E-state index is 0.147. The summed E-state index contributed by atoms with van der Waals surface area (Å²) >= 11 is 0. The van der Waals surface area contributed by atoms with Crippen LogP contribution in [0.1, 0.15) is 0 Å². The highest BCUT2D eigenvalue weighted by atomic mass is 19.1. The van der Waals surface area contributed by atoms with Crippen molar-refractivity contribution in [2.24, 2.45) is 0 Å². The van der Waals surface area contributed by atoms with Crippen molar-refractivity contribution in [2.75, 3.05) is 13.6 Å². The highest BCUT2D eigenvalue weighted by molar-refractivity contribution is 5.80. The van der Waals surface area contributed by atoms with Crippen molar-refractivity contribution in [1.82, 2.24) is 9.88 Å². The lowest BCUT2D eigenvalue weighted by atomic mass is 10.2. The molecule has 1 aromatic carbocycles. The third kappa shape index (κ3) is 1.51. The Kier molecular flexibility index (Phi) is 2.50. The maximum Gasteiger partial charge on any atom is 0.132 e. The Labute approximate surface area is 82.3 Å². The molecule has 0 aliphatic heterocycles. The van der Waals surface area contributed by atoms with Crippen LogP contribution in [0.5, 0.6) is 0 Å². The molecule has 0 aliphatic rings. The van der Waals surface area contributed by atoms with Gasteiger partial charge in [-0.25, -0.2) is 4.39 Å². The van der Waals surface area contributed by atoms with Crippen LogP contribution in [0.2, 0.25) is 0 Å². The van der Waals surface area contributed by atoms with Crippen LogP contribution in [0.25, 0.3) is 10.9 Å². The normalized spacial score (nSPS) is 11.0. The monoisotopic (exact) mass is 192 g/mol. The molecule has 0 unspecified atom stereocenters. The van der Waals surface area contributed by atoms with Crippen LogP contribution < -0.4 is 5.32 Å². The van der Waals surface area contributed by atoms with Crippen molar-refractivity contribution in [2.45, 2.75) is 6.54 Å². The van der Waals surface area contributed by atoms with Crippen LogP contribution in [0.3, 0.4) is 0 Å². The van der Waals surface area contributed by atoms with E-state index in [9.17, 15) is 4.39 Å². The lowest BCUT2D eigenvalue weighted by molar-refractivity contribution is 0.638. The summed E-state index contributed by atoms with van der Waals surface area (Å²) in [5.74, 6) is -0.147. The van der Waals surface area contributed by atoms with Gasteiger partial charge in [0.25, 0.3) is 0 Å². The Morgan fingerprint density at radius 2 is 2.21 bits per heavy atom. The van der Waals surface area contributed by atoms with E-state index in [1.54, 1.807) is 6.07 Å². The van der Waals surface area contributed by atoms with E-state index in [1.807, 2.05) is 25.4 Å². The number of fused-ring (bicyclic) bond motifs is 1. The second-order valence-electron chi connectivity index (χ2n) is 3.29. The molecule has 0 bridgehead atoms. The van der Waals surface area contributed by atoms with Gasteiger partial charge in [-0.05, 0) is 25.2 Å². The zero-order valence-electron chi connectivity index (χ0n) is 8.13. The van der Waals surface area contributed by atoms with Gasteiger partial charge in [0.1, 0.15) is 5.82 Å². The first-order valence-corrected chi connectivity index (χ1v) is 4.71. The topological polar surface area (TPSA) is 17.0 Å². The SMILES string of the molecule is CNCCn1ccc2c(F)cccc21. The summed E-state index contributed by atoms with van der Waals surface area (Å²) in [5, 5.41) is 3.77. The second kappa shape index (κ2) is 3.80. The fourth-order valence-corrected chi connectivity index (χ4v) is 1.61. The van der Waals surface area contributed by atoms with Crippen LogP contribution >= 0.6 is 0 Å². The molecule has 0 fully saturated rings. The predicted octanol–water partition coefficient (Wildman–Crippen LogP) is 2.00. The number of aromatic nitrogens is 1. The van der Waals surface area contributed by atoms with E-state index in [4.69, 9.17) is 0 Å². The van der Waals surface area contributed by atoms with Gasteiger partial charge in [0.15, 0.2) is 0 Å². The smallest absolute Gasteiger partial charge is 0.132 e. The molecule has 0 saturated heterocycles. The largest absolute Gasteiger partial charge is 0.346 e. The fourth-order valence-electron chi connectivity index (χ4n) is 1.61. The maximum atomic E-state index is 13.3. The quantitative estimate of drug-likeness (QED) is 0.787. The molecule has 2 aromatic rings. The number of nitrogens with zero attached hydrogens (tertiary/aromatic N) is 1. The standard InChI is InChI=1S/C11H13FN2/c1-13-6-8-14-7-5-9-10(12)3-2-4-11(9)14/h2-5,7,13H,6,8H2,1H3. The van der Waals surface area contributed by atoms with Crippen LogP contribution in [0.15, 0.2) is 30.5 Å². The van der Waals surface area contributed by atoms with Crippen molar-refractivity contribution in [3.8, 4) is 0 Å². The van der Waals surface area contributed by atoms with Crippen LogP contribution in [-0.4, -0.2) is 18.2 Å². The Bertz CT molecular complexity index is 434. The first kappa shape index (κ1) is 9.21. The second-order valence-corrected chi connectivity index (χ2v) is 3.29. The zero-order valence-corrected chi connectivity index (χ0v) is 8.13. The minimum atomic E-state index is -0.147. The summed E-state index contributed by atoms with van der Waals surface area (Å²) in [6, 6.07) is 6.99. The minimum Gasteiger partial charge on any atom is -0.346 e. The number of nitrogens with one attached hydrogen (secondary N) is 1. The molecule has 14 heavy (non-hydrogen) atoms. The number of halogens is 1. The Balaban J connectivity index is 2.42. The number of likely N-dealkylation sites (N-methyl/N-ethyl adjacent to an activating group) is 1. The lowest BCUT2D eigenvalue weighted by Gasteiger charge is -2.04. The van der Waals surface area contributed by atoms with Gasteiger partial charge in [0.2, 0.25) is 0 Å². The molecule has 2 rings (SSSR count). The lowest BCUT2D eigenvalue weighted by Crippen LogP contribution is -2.14. The van der Waals surface area contributed by atoms with Gasteiger partial charge in [0, 0.05) is 24.7 Å². The highest BCUT2D eigenvalue weighted by Gasteiger charge is 2.03. The Morgan fingerprint density at radius 1 is 1.36 bits per heavy atom. The summed E-state index contributed by atoms with van der Waals surface area (Å²) in [5.41, 5.74) is 0.959. The maximum absolute atomic E-state index is 13.3. The average molecular weight is 192 g/mol. The van der Waals surface area contributed by atoms with Crippen molar-refractivity contribution >= 4 is 10.9 Å². The first-order chi connectivity index (χ1) is 6.83. The number of hydrogen-bond acceptors (Lipinski definition) is 1. The Morgan fingerprint density at radius 3 is 3.00 bits per heavy atom. The van der Waals surface area contributed by atoms with Gasteiger partial charge in [-0.15, -0.1) is 0 Å². The molecule has 0 saturated carbocycles. The van der Waals surface area contributed by atoms with Gasteiger partial charge >= 0.3 is 0 Å². The molecule has 1 heterocycles. The van der Waals surface area contributed by atoms with E-state index < -0.39 is 0 Å². The fraction of sp³-hybridized carbons (Fsp3) is 0.273. The van der Waals surface area contributed by atoms with Crippen LogP contribution in [0, 0.1) is 5.82 Å². The number of rotatable bonds is 3. The van der Waals surface area contributed by atoms with Crippen LogP contribution in [-0.2, 0) is 6.54 Å². The van der Waals surface area contributed by atoms with Gasteiger partial charge in [0.05, 0.1) is 5.52 Å². The molecule has 1 N–H and O–H groups in total. The summed E-state index contributed by atoms with van der Waals surface area (Å²) in [4.78, 5) is 0. The molecular formula is C11H13FN2. The van der Waals surface area contributed by atoms with E-state index in [0.717, 1.165) is 18.6 Å². The molecular weight excluding hydrogens is 179 g/mol. The molecule has 2 nitrogen and oxygen atoms in total. The van der Waals surface area contributed by atoms with E-state index in [1.165, 1.54) is 6.07 Å². The molecule has 1 aromatic heterocycles. The van der Waals surface area contributed by atoms with Gasteiger partial charge < -0.3 is 9.88 Å². The summed E-state index contributed by atoms with van der Waals surface area (Å²) < 4.78 is 15.3. The number of hydrogen-bond donors (Lipinski definition) is 1. The van der Waals surface area contributed by atoms with E-state index in [2.05, 4.69) is 9.88 Å². The van der Waals surface area contributed by atoms with Crippen molar-refractivity contribution in [1.29, 1.82) is 0 Å². The summed E-state index contributed by atoms with van der Waals surface area (Å²) in [7, 11) is 1.91. The zero-order chi connectivity index (χ0) is 9.97. The molecule has 0 aliphatic carbocycles. The van der Waals surface area contributed by atoms with Crippen molar-refractivity contribution in [3.05, 3.63) is 36.3 Å². The third-order valence-corrected chi connectivity index (χ3v) is 2.36. The van der Waals surface area contributed by atoms with Gasteiger partial charge in [-0.2, -0.15) is 0 Å². The summed E-state index contributed by atoms with van der Waals surface area (Å²) in [6.45, 7) is 1.75. The molecule has 74 valence electrons. The van der Waals surface area contributed by atoms with Crippen molar-refractivity contribution in [3.63, 3.8) is 0 Å². The van der Waals surface area contributed by atoms with E-state index in [-0.39, 0.29) is 5.82 Å². The predicted molar refractivity (Wildman–Crippen MR) is 55.8 cm³/mol. The molecule has 3 heteroatoms. The number of benzene rings is 1. The Hall–Kier alpha value is -1.35. The van der Waals surface area contributed by atoms with Crippen molar-refractivity contribution < 1.29 is 4.39 Å². The van der Waals surface area contributed by atoms with Gasteiger partial charge in [-0.1, -0.05) is 6.07 Å². The van der Waals surface area contributed by atoms with Gasteiger partial charge in [-0.3, -0.25) is 0 Å². The first-order valence-electron chi connectivity index (χ1n) is 4.71. The molecule has 0 amide bonds. The average Bonchev–Trinajstić information content (AvgIpc) is 2.60. The molecule has 0 atom stereocenters. The molecule has 0 spiro atoms. The molecule has 0 radical (unpaired) electrons.